The largest absolute Gasteiger partial charge is 0.481 e. The van der Waals surface area contributed by atoms with Crippen molar-refractivity contribution < 1.29 is 46.9 Å². The third-order valence-corrected chi connectivity index (χ3v) is 21.8. The zero-order chi connectivity index (χ0) is 44.2. The van der Waals surface area contributed by atoms with Crippen LogP contribution in [-0.4, -0.2) is 101 Å². The molecule has 1 aliphatic heterocycles. The Morgan fingerprint density at radius 3 is 2.13 bits per heavy atom. The number of ether oxygens (including phenoxy) is 2. The lowest BCUT2D eigenvalue weighted by Crippen LogP contribution is -2.69. The summed E-state index contributed by atoms with van der Waals surface area (Å²) in [4.78, 5) is 46.9. The van der Waals surface area contributed by atoms with Gasteiger partial charge in [0, 0.05) is 36.6 Å². The molecule has 14 heteroatoms. The monoisotopic (exact) mass is 881 g/mol. The Labute approximate surface area is 360 Å². The molecule has 14 atom stereocenters. The number of carboxylic acids is 1. The van der Waals surface area contributed by atoms with E-state index in [0.717, 1.165) is 64.2 Å². The van der Waals surface area contributed by atoms with E-state index < -0.39 is 53.1 Å². The summed E-state index contributed by atoms with van der Waals surface area (Å²) in [5.74, 6) is 0.325. The Balaban J connectivity index is 1.11. The first-order chi connectivity index (χ1) is 27.6. The molecule has 0 radical (unpaired) electrons. The normalized spacial score (nSPS) is 44.1. The van der Waals surface area contributed by atoms with Gasteiger partial charge in [-0.1, -0.05) is 60.6 Å². The third kappa shape index (κ3) is 7.63. The second kappa shape index (κ2) is 15.7. The van der Waals surface area contributed by atoms with E-state index in [1.54, 1.807) is 0 Å². The summed E-state index contributed by atoms with van der Waals surface area (Å²) in [7, 11) is -7.52. The maximum Gasteiger partial charge on any atom is 0.350 e. The lowest BCUT2D eigenvalue weighted by molar-refractivity contribution is -0.248. The molecular formula is C46H77N2O10PS. The van der Waals surface area contributed by atoms with Gasteiger partial charge >= 0.3 is 19.5 Å². The molecule has 60 heavy (non-hydrogen) atoms. The molecule has 0 amide bonds. The molecule has 0 spiro atoms. The standard InChI is InChI=1S/C46H77N2O10PS/c1-28(2)30-13-18-46(47-26-34(29(3)57-27-59(52,53)54)48-21-23-60(55,56)24-22-48)20-19-44(9)31(38(30)46)11-12-36-43(8)16-15-37(42(6,7)35(43)14-17-45(36,44)10)58-40(51)33-25-32(39(49)50)41(33,4)5/h29-38,47H,1,11-27H2,2-10H3,(H,49,50)(H2,52,53,54)/t29-,30+,31-,32+,33-,34-,35+,36-,37+,38-,43+,44-,45-,46+/m1/s1. The molecule has 6 aliphatic carbocycles. The molecule has 342 valence electrons. The zero-order valence-corrected chi connectivity index (χ0v) is 39.7. The maximum atomic E-state index is 13.7. The zero-order valence-electron chi connectivity index (χ0n) is 38.0. The van der Waals surface area contributed by atoms with Crippen LogP contribution in [0.5, 0.6) is 0 Å². The lowest BCUT2D eigenvalue weighted by Gasteiger charge is -2.73. The Kier molecular flexibility index (Phi) is 12.2. The van der Waals surface area contributed by atoms with Crippen molar-refractivity contribution in [1.82, 2.24) is 10.2 Å². The molecular weight excluding hydrogens is 804 g/mol. The van der Waals surface area contributed by atoms with E-state index in [2.05, 4.69) is 58.3 Å². The van der Waals surface area contributed by atoms with E-state index in [1.807, 2.05) is 20.8 Å². The van der Waals surface area contributed by atoms with Crippen LogP contribution < -0.4 is 5.32 Å². The number of nitrogens with zero attached hydrogens (tertiary/aromatic N) is 1. The predicted octanol–water partition coefficient (Wildman–Crippen LogP) is 7.28. The second-order valence-corrected chi connectivity index (χ2v) is 26.8. The molecule has 0 bridgehead atoms. The summed E-state index contributed by atoms with van der Waals surface area (Å²) in [5, 5.41) is 13.8. The van der Waals surface area contributed by atoms with Crippen LogP contribution >= 0.6 is 7.60 Å². The van der Waals surface area contributed by atoms with Crippen molar-refractivity contribution >= 4 is 29.4 Å². The first-order valence-corrected chi connectivity index (χ1v) is 26.7. The molecule has 7 aliphatic rings. The van der Waals surface area contributed by atoms with Gasteiger partial charge in [0.25, 0.3) is 0 Å². The van der Waals surface area contributed by atoms with Gasteiger partial charge in [-0.25, -0.2) is 8.42 Å². The third-order valence-electron chi connectivity index (χ3n) is 19.7. The predicted molar refractivity (Wildman–Crippen MR) is 232 cm³/mol. The fourth-order valence-electron chi connectivity index (χ4n) is 15.9. The molecule has 4 N–H and O–H groups in total. The van der Waals surface area contributed by atoms with Crippen LogP contribution in [0.3, 0.4) is 0 Å². The van der Waals surface area contributed by atoms with Gasteiger partial charge in [0.05, 0.1) is 29.4 Å². The number of hydrogen-bond acceptors (Lipinski definition) is 9. The smallest absolute Gasteiger partial charge is 0.350 e. The molecule has 0 aromatic rings. The first kappa shape index (κ1) is 46.6. The number of carbonyl (C=O) groups is 2. The maximum absolute atomic E-state index is 13.7. The van der Waals surface area contributed by atoms with Gasteiger partial charge in [0.15, 0.2) is 9.84 Å². The quantitative estimate of drug-likeness (QED) is 0.0876. The molecule has 0 aromatic heterocycles. The highest BCUT2D eigenvalue weighted by Crippen LogP contribution is 2.76. The average Bonchev–Trinajstić information content (AvgIpc) is 3.52. The van der Waals surface area contributed by atoms with Crippen LogP contribution in [0.4, 0.5) is 0 Å². The van der Waals surface area contributed by atoms with Crippen LogP contribution in [0.2, 0.25) is 0 Å². The van der Waals surface area contributed by atoms with E-state index in [0.29, 0.717) is 55.6 Å². The van der Waals surface area contributed by atoms with Crippen molar-refractivity contribution in [3.8, 4) is 0 Å². The van der Waals surface area contributed by atoms with Gasteiger partial charge in [-0.2, -0.15) is 0 Å². The van der Waals surface area contributed by atoms with Crippen molar-refractivity contribution in [2.45, 2.75) is 157 Å². The Bertz CT molecular complexity index is 1850. The summed E-state index contributed by atoms with van der Waals surface area (Å²) < 4.78 is 49.0. The summed E-state index contributed by atoms with van der Waals surface area (Å²) in [6.45, 7) is 26.1. The van der Waals surface area contributed by atoms with Gasteiger partial charge in [0.2, 0.25) is 0 Å². The van der Waals surface area contributed by atoms with Crippen LogP contribution in [0.15, 0.2) is 12.2 Å². The molecule has 1 saturated heterocycles. The van der Waals surface area contributed by atoms with E-state index in [9.17, 15) is 37.5 Å². The number of carboxylic acid groups (broad SMARTS) is 1. The number of sulfone groups is 1. The Morgan fingerprint density at radius 1 is 0.867 bits per heavy atom. The summed E-state index contributed by atoms with van der Waals surface area (Å²) >= 11 is 0. The number of rotatable bonds is 12. The lowest BCUT2D eigenvalue weighted by atomic mass is 9.32. The van der Waals surface area contributed by atoms with E-state index >= 15 is 0 Å². The van der Waals surface area contributed by atoms with Gasteiger partial charge in [-0.15, -0.1) is 0 Å². The van der Waals surface area contributed by atoms with Gasteiger partial charge in [0.1, 0.15) is 12.5 Å². The van der Waals surface area contributed by atoms with Crippen molar-refractivity contribution in [2.24, 2.45) is 68.5 Å². The SMILES string of the molecule is C=C(C)[C@@H]1CC[C@]2(NC[C@H]([C@@H](C)OCP(=O)(O)O)N3CCS(=O)(=O)CC3)CC[C@]3(C)[C@H](CC[C@@H]4[C@@]5(C)CC[C@H](OC(=O)[C@H]6C[C@@H](C(=O)O)C6(C)C)C(C)(C)[C@@H]5CC[C@]43C)[C@@H]12. The van der Waals surface area contributed by atoms with Crippen molar-refractivity contribution in [1.29, 1.82) is 0 Å². The number of fused-ring (bicyclic) bond motifs is 7. The highest BCUT2D eigenvalue weighted by atomic mass is 32.2. The molecule has 1 heterocycles. The number of aliphatic carboxylic acids is 1. The number of nitrogens with one attached hydrogen (secondary N) is 1. The van der Waals surface area contributed by atoms with Crippen LogP contribution in [0.25, 0.3) is 0 Å². The van der Waals surface area contributed by atoms with Crippen LogP contribution in [-0.2, 0) is 33.5 Å². The fraction of sp³-hybridized carbons (Fsp3) is 0.913. The van der Waals surface area contributed by atoms with E-state index in [4.69, 9.17) is 9.47 Å². The molecule has 0 aromatic carbocycles. The average molecular weight is 881 g/mol. The number of carbonyl (C=O) groups excluding carboxylic acids is 1. The summed E-state index contributed by atoms with van der Waals surface area (Å²) in [6, 6.07) is -0.248. The molecule has 7 fully saturated rings. The minimum Gasteiger partial charge on any atom is -0.481 e. The van der Waals surface area contributed by atoms with Crippen LogP contribution in [0.1, 0.15) is 133 Å². The van der Waals surface area contributed by atoms with Gasteiger partial charge in [-0.05, 0) is 136 Å². The molecule has 12 nitrogen and oxygen atoms in total. The second-order valence-electron chi connectivity index (χ2n) is 22.9. The topological polar surface area (TPSA) is 180 Å². The van der Waals surface area contributed by atoms with Gasteiger partial charge in [-0.3, -0.25) is 19.1 Å². The number of allylic oxidation sites excluding steroid dienone is 1. The van der Waals surface area contributed by atoms with Crippen molar-refractivity contribution in [2.75, 3.05) is 37.5 Å². The first-order valence-electron chi connectivity index (χ1n) is 23.1. The Morgan fingerprint density at radius 2 is 1.53 bits per heavy atom. The molecule has 7 rings (SSSR count). The number of esters is 1. The van der Waals surface area contributed by atoms with Crippen molar-refractivity contribution in [3.63, 3.8) is 0 Å². The minimum atomic E-state index is -4.39. The minimum absolute atomic E-state index is 0.0664. The highest BCUT2D eigenvalue weighted by Gasteiger charge is 2.71. The summed E-state index contributed by atoms with van der Waals surface area (Å²) in [6.07, 6.45) is 9.54. The van der Waals surface area contributed by atoms with E-state index in [1.165, 1.54) is 5.57 Å². The molecule has 6 saturated carbocycles. The number of hydrogen-bond donors (Lipinski definition) is 4. The van der Waals surface area contributed by atoms with Crippen LogP contribution in [0, 0.1) is 68.5 Å². The van der Waals surface area contributed by atoms with E-state index in [-0.39, 0.29) is 56.8 Å². The van der Waals surface area contributed by atoms with Gasteiger partial charge < -0.3 is 29.7 Å². The summed E-state index contributed by atoms with van der Waals surface area (Å²) in [5.41, 5.74) is 0.576. The van der Waals surface area contributed by atoms with Crippen molar-refractivity contribution in [3.05, 3.63) is 12.2 Å². The highest BCUT2D eigenvalue weighted by molar-refractivity contribution is 7.91. The Hall–Kier alpha value is -1.34. The fourth-order valence-corrected chi connectivity index (χ4v) is 17.5. The molecule has 0 unspecified atom stereocenters.